The molecule has 0 aliphatic carbocycles. The van der Waals surface area contributed by atoms with E-state index in [4.69, 9.17) is 5.73 Å². The molecule has 0 spiro atoms. The number of halogens is 4. The first-order valence-corrected chi connectivity index (χ1v) is 4.78. The Bertz CT molecular complexity index is 294. The molecule has 0 saturated heterocycles. The second kappa shape index (κ2) is 4.27. The zero-order valence-electron chi connectivity index (χ0n) is 7.14. The van der Waals surface area contributed by atoms with Crippen LogP contribution >= 0.6 is 11.3 Å². The number of hydrogen-bond acceptors (Lipinski definition) is 2. The van der Waals surface area contributed by atoms with Crippen molar-refractivity contribution in [1.82, 2.24) is 0 Å². The lowest BCUT2D eigenvalue weighted by atomic mass is 10.2. The predicted molar refractivity (Wildman–Crippen MR) is 46.8 cm³/mol. The lowest BCUT2D eigenvalue weighted by molar-refractivity contribution is -0.134. The molecule has 0 bridgehead atoms. The van der Waals surface area contributed by atoms with Crippen molar-refractivity contribution in [2.24, 2.45) is 5.73 Å². The molecule has 0 aliphatic heterocycles. The Balaban J connectivity index is 2.78. The van der Waals surface area contributed by atoms with Gasteiger partial charge in [-0.2, -0.15) is 13.2 Å². The lowest BCUT2D eigenvalue weighted by Crippen LogP contribution is -2.02. The molecule has 0 aromatic carbocycles. The Morgan fingerprint density at radius 3 is 2.43 bits per heavy atom. The molecule has 0 fully saturated rings. The van der Waals surface area contributed by atoms with Crippen LogP contribution in [0.25, 0.3) is 0 Å². The van der Waals surface area contributed by atoms with Gasteiger partial charge in [0.1, 0.15) is 11.0 Å². The fraction of sp³-hybridized carbons (Fsp3) is 0.500. The van der Waals surface area contributed by atoms with E-state index in [0.717, 1.165) is 12.1 Å². The maximum absolute atomic E-state index is 13.1. The fourth-order valence-corrected chi connectivity index (χ4v) is 1.85. The minimum Gasteiger partial charge on any atom is -0.330 e. The van der Waals surface area contributed by atoms with E-state index in [-0.39, 0.29) is 17.8 Å². The molecule has 1 atom stereocenters. The third-order valence-electron chi connectivity index (χ3n) is 1.64. The maximum Gasteiger partial charge on any atom is 0.425 e. The van der Waals surface area contributed by atoms with Crippen LogP contribution in [0.4, 0.5) is 17.6 Å². The Kier molecular flexibility index (Phi) is 3.49. The van der Waals surface area contributed by atoms with Gasteiger partial charge in [0.05, 0.1) is 0 Å². The van der Waals surface area contributed by atoms with Crippen LogP contribution in [0, 0.1) is 0 Å². The van der Waals surface area contributed by atoms with Gasteiger partial charge in [0.15, 0.2) is 0 Å². The van der Waals surface area contributed by atoms with E-state index in [0.29, 0.717) is 11.3 Å². The first-order valence-electron chi connectivity index (χ1n) is 3.96. The number of hydrogen-bond donors (Lipinski definition) is 1. The van der Waals surface area contributed by atoms with Crippen LogP contribution in [0.2, 0.25) is 0 Å². The largest absolute Gasteiger partial charge is 0.425 e. The summed E-state index contributed by atoms with van der Waals surface area (Å²) in [6, 6.07) is 2.05. The van der Waals surface area contributed by atoms with E-state index in [9.17, 15) is 17.6 Å². The van der Waals surface area contributed by atoms with Gasteiger partial charge in [-0.05, 0) is 25.1 Å². The van der Waals surface area contributed by atoms with Crippen molar-refractivity contribution in [2.75, 3.05) is 6.54 Å². The molecular weight excluding hydrogens is 218 g/mol. The Hall–Kier alpha value is -0.620. The molecular formula is C8H9F4NS. The predicted octanol–water partition coefficient (Wildman–Crippen LogP) is 3.13. The van der Waals surface area contributed by atoms with E-state index >= 15 is 0 Å². The summed E-state index contributed by atoms with van der Waals surface area (Å²) in [4.78, 5) is -0.685. The molecule has 1 aromatic heterocycles. The Morgan fingerprint density at radius 1 is 1.36 bits per heavy atom. The fourth-order valence-electron chi connectivity index (χ4n) is 0.962. The van der Waals surface area contributed by atoms with E-state index in [1.54, 1.807) is 0 Å². The normalized spacial score (nSPS) is 14.4. The standard InChI is InChI=1S/C8H9F4NS/c9-5(3-4-13)6-1-2-7(14-6)8(10,11)12/h1-2,5H,3-4,13H2. The first-order chi connectivity index (χ1) is 6.45. The average Bonchev–Trinajstić information content (AvgIpc) is 2.51. The van der Waals surface area contributed by atoms with Crippen LogP contribution in [-0.4, -0.2) is 6.54 Å². The summed E-state index contributed by atoms with van der Waals surface area (Å²) in [5, 5.41) is 0. The third kappa shape index (κ3) is 2.68. The summed E-state index contributed by atoms with van der Waals surface area (Å²) in [7, 11) is 0. The molecule has 14 heavy (non-hydrogen) atoms. The Labute approximate surface area is 82.5 Å². The highest BCUT2D eigenvalue weighted by molar-refractivity contribution is 7.12. The average molecular weight is 227 g/mol. The molecule has 0 aliphatic rings. The number of rotatable bonds is 3. The molecule has 0 saturated carbocycles. The second-order valence-corrected chi connectivity index (χ2v) is 3.86. The van der Waals surface area contributed by atoms with Crippen LogP contribution in [0.3, 0.4) is 0 Å². The molecule has 0 radical (unpaired) electrons. The summed E-state index contributed by atoms with van der Waals surface area (Å²) in [6.45, 7) is 0.125. The lowest BCUT2D eigenvalue weighted by Gasteiger charge is -2.03. The maximum atomic E-state index is 13.1. The van der Waals surface area contributed by atoms with Crippen LogP contribution in [-0.2, 0) is 6.18 Å². The third-order valence-corrected chi connectivity index (χ3v) is 2.85. The highest BCUT2D eigenvalue weighted by Crippen LogP contribution is 2.37. The van der Waals surface area contributed by atoms with Gasteiger partial charge in [-0.25, -0.2) is 4.39 Å². The molecule has 1 heterocycles. The van der Waals surface area contributed by atoms with Crippen LogP contribution in [0.5, 0.6) is 0 Å². The quantitative estimate of drug-likeness (QED) is 0.789. The van der Waals surface area contributed by atoms with E-state index < -0.39 is 17.2 Å². The van der Waals surface area contributed by atoms with Gasteiger partial charge < -0.3 is 5.73 Å². The minimum absolute atomic E-state index is 0.0534. The molecule has 2 N–H and O–H groups in total. The minimum atomic E-state index is -4.38. The number of thiophene rings is 1. The molecule has 1 nitrogen and oxygen atoms in total. The summed E-state index contributed by atoms with van der Waals surface area (Å²) in [5.41, 5.74) is 5.10. The van der Waals surface area contributed by atoms with Gasteiger partial charge in [-0.3, -0.25) is 0 Å². The SMILES string of the molecule is NCCC(F)c1ccc(C(F)(F)F)s1. The van der Waals surface area contributed by atoms with Crippen LogP contribution in [0.1, 0.15) is 22.3 Å². The van der Waals surface area contributed by atoms with Gasteiger partial charge >= 0.3 is 6.18 Å². The van der Waals surface area contributed by atoms with Gasteiger partial charge in [0, 0.05) is 4.88 Å². The molecule has 0 amide bonds. The molecule has 6 heteroatoms. The molecule has 1 aromatic rings. The Morgan fingerprint density at radius 2 is 2.00 bits per heavy atom. The zero-order chi connectivity index (χ0) is 10.8. The van der Waals surface area contributed by atoms with Crippen molar-refractivity contribution in [3.8, 4) is 0 Å². The molecule has 1 rings (SSSR count). The summed E-state index contributed by atoms with van der Waals surface area (Å²) < 4.78 is 49.4. The van der Waals surface area contributed by atoms with Crippen molar-refractivity contribution in [3.63, 3.8) is 0 Å². The highest BCUT2D eigenvalue weighted by atomic mass is 32.1. The van der Waals surface area contributed by atoms with Crippen LogP contribution in [0.15, 0.2) is 12.1 Å². The monoisotopic (exact) mass is 227 g/mol. The van der Waals surface area contributed by atoms with Crippen molar-refractivity contribution in [2.45, 2.75) is 18.8 Å². The van der Waals surface area contributed by atoms with Gasteiger partial charge in [-0.15, -0.1) is 11.3 Å². The van der Waals surface area contributed by atoms with Gasteiger partial charge in [0.25, 0.3) is 0 Å². The zero-order valence-corrected chi connectivity index (χ0v) is 7.96. The highest BCUT2D eigenvalue weighted by Gasteiger charge is 2.33. The first kappa shape index (κ1) is 11.5. The summed E-state index contributed by atoms with van der Waals surface area (Å²) in [5.74, 6) is 0. The van der Waals surface area contributed by atoms with E-state index in [1.807, 2.05) is 0 Å². The van der Waals surface area contributed by atoms with E-state index in [2.05, 4.69) is 0 Å². The number of nitrogens with two attached hydrogens (primary N) is 1. The van der Waals surface area contributed by atoms with Crippen molar-refractivity contribution in [1.29, 1.82) is 0 Å². The van der Waals surface area contributed by atoms with Crippen molar-refractivity contribution in [3.05, 3.63) is 21.9 Å². The number of alkyl halides is 4. The second-order valence-electron chi connectivity index (χ2n) is 2.74. The van der Waals surface area contributed by atoms with E-state index in [1.165, 1.54) is 0 Å². The summed E-state index contributed by atoms with van der Waals surface area (Å²) in [6.07, 6.45) is -5.72. The van der Waals surface area contributed by atoms with Gasteiger partial charge in [0.2, 0.25) is 0 Å². The topological polar surface area (TPSA) is 26.0 Å². The molecule has 1 unspecified atom stereocenters. The van der Waals surface area contributed by atoms with Gasteiger partial charge in [-0.1, -0.05) is 0 Å². The van der Waals surface area contributed by atoms with Crippen molar-refractivity contribution < 1.29 is 17.6 Å². The molecule has 80 valence electrons. The summed E-state index contributed by atoms with van der Waals surface area (Å²) >= 11 is 0.432. The smallest absolute Gasteiger partial charge is 0.330 e. The van der Waals surface area contributed by atoms with Crippen LogP contribution < -0.4 is 5.73 Å². The van der Waals surface area contributed by atoms with Crippen molar-refractivity contribution >= 4 is 11.3 Å².